The van der Waals surface area contributed by atoms with Crippen LogP contribution >= 0.6 is 35.3 Å². The highest BCUT2D eigenvalue weighted by Crippen LogP contribution is 2.27. The van der Waals surface area contributed by atoms with Crippen LogP contribution in [0.3, 0.4) is 0 Å². The Balaban J connectivity index is 0.00000338. The van der Waals surface area contributed by atoms with E-state index in [1.165, 1.54) is 11.3 Å². The number of hydrogen-bond donors (Lipinski definition) is 2. The third kappa shape index (κ3) is 8.54. The topological polar surface area (TPSA) is 54.9 Å². The van der Waals surface area contributed by atoms with Crippen LogP contribution in [0.1, 0.15) is 44.9 Å². The summed E-state index contributed by atoms with van der Waals surface area (Å²) in [6, 6.07) is 4.29. The molecule has 0 saturated carbocycles. The van der Waals surface area contributed by atoms with Crippen molar-refractivity contribution >= 4 is 41.3 Å². The number of nitrogens with one attached hydrogen (secondary N) is 2. The van der Waals surface area contributed by atoms with Gasteiger partial charge in [0.15, 0.2) is 5.96 Å². The zero-order valence-corrected chi connectivity index (χ0v) is 19.4. The number of nitrogens with zero attached hydrogens (tertiary/aromatic N) is 1. The van der Waals surface area contributed by atoms with E-state index < -0.39 is 0 Å². The molecule has 0 aliphatic carbocycles. The molecule has 2 rings (SSSR count). The first-order valence-electron chi connectivity index (χ1n) is 9.37. The SMILES string of the molecule is CCNC(=NCC(C)(C)c1cccs1)NCCCOCC1CCCO1.I. The van der Waals surface area contributed by atoms with Gasteiger partial charge in [0.2, 0.25) is 0 Å². The normalized spacial score (nSPS) is 17.8. The minimum absolute atomic E-state index is 0. The summed E-state index contributed by atoms with van der Waals surface area (Å²) in [7, 11) is 0. The van der Waals surface area contributed by atoms with Crippen molar-refractivity contribution in [2.24, 2.45) is 4.99 Å². The van der Waals surface area contributed by atoms with Gasteiger partial charge in [0.05, 0.1) is 19.3 Å². The standard InChI is InChI=1S/C19H33N3O2S.HI/c1-4-20-18(22-15-19(2,3)17-9-6-13-25-17)21-10-7-11-23-14-16-8-5-12-24-16;/h6,9,13,16H,4-5,7-8,10-12,14-15H2,1-3H3,(H2,20,21,22);1H. The fourth-order valence-corrected chi connectivity index (χ4v) is 3.58. The molecule has 26 heavy (non-hydrogen) atoms. The lowest BCUT2D eigenvalue weighted by molar-refractivity contribution is 0.0168. The van der Waals surface area contributed by atoms with E-state index in [0.717, 1.165) is 58.3 Å². The van der Waals surface area contributed by atoms with E-state index in [1.807, 2.05) is 0 Å². The summed E-state index contributed by atoms with van der Waals surface area (Å²) in [5.74, 6) is 0.881. The summed E-state index contributed by atoms with van der Waals surface area (Å²) >= 11 is 1.80. The average Bonchev–Trinajstić information content (AvgIpc) is 3.29. The smallest absolute Gasteiger partial charge is 0.191 e. The molecule has 1 unspecified atom stereocenters. The minimum atomic E-state index is 0. The van der Waals surface area contributed by atoms with Gasteiger partial charge in [-0.25, -0.2) is 0 Å². The summed E-state index contributed by atoms with van der Waals surface area (Å²) in [4.78, 5) is 6.13. The van der Waals surface area contributed by atoms with Gasteiger partial charge in [0.1, 0.15) is 0 Å². The second-order valence-electron chi connectivity index (χ2n) is 7.05. The molecule has 0 bridgehead atoms. The van der Waals surface area contributed by atoms with Crippen LogP contribution in [0.4, 0.5) is 0 Å². The van der Waals surface area contributed by atoms with Crippen LogP contribution < -0.4 is 10.6 Å². The van der Waals surface area contributed by atoms with Crippen LogP contribution in [0.25, 0.3) is 0 Å². The quantitative estimate of drug-likeness (QED) is 0.225. The molecule has 1 atom stereocenters. The van der Waals surface area contributed by atoms with Gasteiger partial charge in [-0.1, -0.05) is 19.9 Å². The number of hydrogen-bond acceptors (Lipinski definition) is 4. The van der Waals surface area contributed by atoms with Crippen molar-refractivity contribution in [3.63, 3.8) is 0 Å². The van der Waals surface area contributed by atoms with E-state index in [9.17, 15) is 0 Å². The van der Waals surface area contributed by atoms with E-state index in [4.69, 9.17) is 14.5 Å². The molecular weight excluding hydrogens is 461 g/mol. The Hall–Kier alpha value is -0.380. The lowest BCUT2D eigenvalue weighted by atomic mass is 9.92. The van der Waals surface area contributed by atoms with Crippen molar-refractivity contribution in [2.45, 2.75) is 51.6 Å². The van der Waals surface area contributed by atoms with Crippen LogP contribution in [0.5, 0.6) is 0 Å². The molecule has 1 aromatic rings. The van der Waals surface area contributed by atoms with Gasteiger partial charge in [-0.05, 0) is 37.6 Å². The highest BCUT2D eigenvalue weighted by molar-refractivity contribution is 14.0. The molecule has 1 aliphatic heterocycles. The zero-order valence-electron chi connectivity index (χ0n) is 16.3. The molecular formula is C19H34IN3O2S. The Morgan fingerprint density at radius 3 is 2.92 bits per heavy atom. The fraction of sp³-hybridized carbons (Fsp3) is 0.737. The lowest BCUT2D eigenvalue weighted by Crippen LogP contribution is -2.39. The van der Waals surface area contributed by atoms with Crippen LogP contribution in [0, 0.1) is 0 Å². The maximum Gasteiger partial charge on any atom is 0.191 e. The number of aliphatic imine (C=N–C) groups is 1. The largest absolute Gasteiger partial charge is 0.379 e. The summed E-state index contributed by atoms with van der Waals surface area (Å²) in [6.45, 7) is 11.4. The van der Waals surface area contributed by atoms with Crippen LogP contribution in [-0.4, -0.2) is 51.5 Å². The van der Waals surface area contributed by atoms with E-state index in [2.05, 4.69) is 48.9 Å². The first kappa shape index (κ1) is 23.7. The van der Waals surface area contributed by atoms with Gasteiger partial charge in [-0.15, -0.1) is 35.3 Å². The Kier molecular flexibility index (Phi) is 11.7. The molecule has 0 aromatic carbocycles. The molecule has 5 nitrogen and oxygen atoms in total. The molecule has 7 heteroatoms. The van der Waals surface area contributed by atoms with Crippen LogP contribution in [-0.2, 0) is 14.9 Å². The van der Waals surface area contributed by atoms with Gasteiger partial charge in [-0.2, -0.15) is 0 Å². The highest BCUT2D eigenvalue weighted by atomic mass is 127. The Morgan fingerprint density at radius 2 is 2.27 bits per heavy atom. The number of halogens is 1. The van der Waals surface area contributed by atoms with Crippen molar-refractivity contribution in [3.8, 4) is 0 Å². The van der Waals surface area contributed by atoms with Crippen molar-refractivity contribution in [1.29, 1.82) is 0 Å². The van der Waals surface area contributed by atoms with Crippen molar-refractivity contribution < 1.29 is 9.47 Å². The second kappa shape index (κ2) is 12.9. The third-order valence-corrected chi connectivity index (χ3v) is 5.49. The van der Waals surface area contributed by atoms with Crippen molar-refractivity contribution in [1.82, 2.24) is 10.6 Å². The third-order valence-electron chi connectivity index (χ3n) is 4.25. The monoisotopic (exact) mass is 495 g/mol. The first-order valence-corrected chi connectivity index (χ1v) is 10.3. The Labute approximate surface area is 179 Å². The molecule has 2 N–H and O–H groups in total. The van der Waals surface area contributed by atoms with Crippen LogP contribution in [0.15, 0.2) is 22.5 Å². The number of rotatable bonds is 10. The summed E-state index contributed by atoms with van der Waals surface area (Å²) in [5, 5.41) is 8.84. The number of guanidine groups is 1. The predicted molar refractivity (Wildman–Crippen MR) is 121 cm³/mol. The Bertz CT molecular complexity index is 503. The molecule has 2 heterocycles. The molecule has 0 spiro atoms. The van der Waals surface area contributed by atoms with Gasteiger partial charge in [0.25, 0.3) is 0 Å². The van der Waals surface area contributed by atoms with E-state index in [0.29, 0.717) is 6.10 Å². The van der Waals surface area contributed by atoms with Crippen molar-refractivity contribution in [3.05, 3.63) is 22.4 Å². The molecule has 0 amide bonds. The van der Waals surface area contributed by atoms with E-state index in [-0.39, 0.29) is 29.4 Å². The molecule has 1 fully saturated rings. The van der Waals surface area contributed by atoms with Crippen molar-refractivity contribution in [2.75, 3.05) is 39.5 Å². The molecule has 0 radical (unpaired) electrons. The summed E-state index contributed by atoms with van der Waals surface area (Å²) in [6.07, 6.45) is 3.58. The van der Waals surface area contributed by atoms with Gasteiger partial charge in [0, 0.05) is 36.6 Å². The number of ether oxygens (including phenoxy) is 2. The van der Waals surface area contributed by atoms with Gasteiger partial charge >= 0.3 is 0 Å². The number of thiophene rings is 1. The molecule has 1 saturated heterocycles. The molecule has 1 aliphatic rings. The van der Waals surface area contributed by atoms with E-state index >= 15 is 0 Å². The summed E-state index contributed by atoms with van der Waals surface area (Å²) < 4.78 is 11.3. The maximum absolute atomic E-state index is 5.70. The van der Waals surface area contributed by atoms with E-state index in [1.54, 1.807) is 11.3 Å². The average molecular weight is 495 g/mol. The highest BCUT2D eigenvalue weighted by Gasteiger charge is 2.21. The maximum atomic E-state index is 5.70. The minimum Gasteiger partial charge on any atom is -0.379 e. The van der Waals surface area contributed by atoms with Crippen LogP contribution in [0.2, 0.25) is 0 Å². The lowest BCUT2D eigenvalue weighted by Gasteiger charge is -2.21. The first-order chi connectivity index (χ1) is 12.1. The second-order valence-corrected chi connectivity index (χ2v) is 7.99. The van der Waals surface area contributed by atoms with Gasteiger partial charge in [-0.3, -0.25) is 4.99 Å². The predicted octanol–water partition coefficient (Wildman–Crippen LogP) is 3.78. The molecule has 150 valence electrons. The Morgan fingerprint density at radius 1 is 1.42 bits per heavy atom. The molecule has 1 aromatic heterocycles. The zero-order chi connectivity index (χ0) is 18.0. The van der Waals surface area contributed by atoms with Gasteiger partial charge < -0.3 is 20.1 Å². The fourth-order valence-electron chi connectivity index (χ4n) is 2.73. The summed E-state index contributed by atoms with van der Waals surface area (Å²) in [5.41, 5.74) is 0.0565.